The van der Waals surface area contributed by atoms with Crippen molar-refractivity contribution < 1.29 is 8.42 Å². The molecule has 0 aromatic carbocycles. The van der Waals surface area contributed by atoms with Crippen LogP contribution in [0.3, 0.4) is 0 Å². The number of sulfonamides is 1. The highest BCUT2D eigenvalue weighted by atomic mass is 32.2. The van der Waals surface area contributed by atoms with Gasteiger partial charge in [-0.25, -0.2) is 13.6 Å². The zero-order valence-corrected chi connectivity index (χ0v) is 7.81. The molecule has 2 N–H and O–H groups in total. The van der Waals surface area contributed by atoms with Gasteiger partial charge in [0.2, 0.25) is 10.0 Å². The zero-order chi connectivity index (χ0) is 9.19. The molecule has 4 heteroatoms. The van der Waals surface area contributed by atoms with Gasteiger partial charge in [0.05, 0.1) is 4.91 Å². The first kappa shape index (κ1) is 9.74. The molecule has 1 saturated carbocycles. The Labute approximate surface area is 73.7 Å². The normalized spacial score (nSPS) is 20.8. The van der Waals surface area contributed by atoms with Crippen LogP contribution in [-0.2, 0) is 10.0 Å². The van der Waals surface area contributed by atoms with E-state index in [0.29, 0.717) is 0 Å². The molecule has 0 aromatic heterocycles. The van der Waals surface area contributed by atoms with E-state index in [1.807, 2.05) is 0 Å². The van der Waals surface area contributed by atoms with Crippen molar-refractivity contribution in [2.24, 2.45) is 11.1 Å². The Balaban J connectivity index is 2.64. The molecule has 1 rings (SSSR count). The third-order valence-corrected chi connectivity index (χ3v) is 3.33. The fraction of sp³-hybridized carbons (Fsp3) is 0.750. The lowest BCUT2D eigenvalue weighted by Crippen LogP contribution is -2.21. The van der Waals surface area contributed by atoms with Gasteiger partial charge < -0.3 is 0 Å². The molecule has 0 heterocycles. The fourth-order valence-electron chi connectivity index (χ4n) is 1.62. The molecule has 12 heavy (non-hydrogen) atoms. The molecule has 0 bridgehead atoms. The van der Waals surface area contributed by atoms with E-state index in [-0.39, 0.29) is 10.8 Å². The molecule has 69 valence electrons. The van der Waals surface area contributed by atoms with E-state index in [4.69, 9.17) is 11.7 Å². The fourth-order valence-corrected chi connectivity index (χ4v) is 2.32. The predicted molar refractivity (Wildman–Crippen MR) is 47.5 cm³/mol. The molecule has 0 amide bonds. The summed E-state index contributed by atoms with van der Waals surface area (Å²) in [5.74, 6) is -0.00579. The highest BCUT2D eigenvalue weighted by molar-refractivity contribution is 7.93. The highest BCUT2D eigenvalue weighted by Crippen LogP contribution is 2.30. The Kier molecular flexibility index (Phi) is 2.90. The minimum absolute atomic E-state index is 0.00579. The van der Waals surface area contributed by atoms with Crippen molar-refractivity contribution in [3.05, 3.63) is 11.5 Å². The highest BCUT2D eigenvalue weighted by Gasteiger charge is 2.23. The van der Waals surface area contributed by atoms with Crippen LogP contribution in [-0.4, -0.2) is 8.42 Å². The molecule has 0 unspecified atom stereocenters. The summed E-state index contributed by atoms with van der Waals surface area (Å²) in [6, 6.07) is 0. The van der Waals surface area contributed by atoms with Crippen LogP contribution >= 0.6 is 0 Å². The van der Waals surface area contributed by atoms with Crippen molar-refractivity contribution in [1.82, 2.24) is 0 Å². The third kappa shape index (κ3) is 2.32. The second-order valence-electron chi connectivity index (χ2n) is 3.28. The molecule has 0 aromatic rings. The minimum atomic E-state index is -3.61. The summed E-state index contributed by atoms with van der Waals surface area (Å²) in [6.45, 7) is 5.43. The van der Waals surface area contributed by atoms with Gasteiger partial charge in [0, 0.05) is 0 Å². The van der Waals surface area contributed by atoms with Crippen molar-refractivity contribution in [1.29, 1.82) is 0 Å². The quantitative estimate of drug-likeness (QED) is 0.707. The van der Waals surface area contributed by atoms with Crippen LogP contribution in [0, 0.1) is 12.5 Å². The molecule has 1 aliphatic rings. The maximum absolute atomic E-state index is 10.8. The van der Waals surface area contributed by atoms with Crippen molar-refractivity contribution in [3.63, 3.8) is 0 Å². The molecule has 3 nitrogen and oxygen atoms in total. The van der Waals surface area contributed by atoms with Crippen LogP contribution in [0.1, 0.15) is 32.1 Å². The van der Waals surface area contributed by atoms with E-state index >= 15 is 0 Å². The third-order valence-electron chi connectivity index (χ3n) is 2.34. The van der Waals surface area contributed by atoms with Gasteiger partial charge in [-0.3, -0.25) is 0 Å². The molecule has 1 radical (unpaired) electrons. The van der Waals surface area contributed by atoms with Crippen LogP contribution in [0.4, 0.5) is 0 Å². The average molecular weight is 188 g/mol. The lowest BCUT2D eigenvalue weighted by molar-refractivity contribution is 0.411. The van der Waals surface area contributed by atoms with Crippen LogP contribution in [0.25, 0.3) is 0 Å². The molecule has 0 spiro atoms. The lowest BCUT2D eigenvalue weighted by Gasteiger charge is -2.21. The van der Waals surface area contributed by atoms with E-state index in [1.54, 1.807) is 0 Å². The van der Waals surface area contributed by atoms with Crippen LogP contribution in [0.2, 0.25) is 0 Å². The standard InChI is InChI=1S/C8H14NO2S/c1-7(12(9,10)11)8-5-3-2-4-6-8/h1,8H,2-6H2,(H2,9,10,11). The number of hydrogen-bond acceptors (Lipinski definition) is 2. The second-order valence-corrected chi connectivity index (χ2v) is 4.84. The van der Waals surface area contributed by atoms with Crippen LogP contribution < -0.4 is 5.14 Å². The first-order valence-electron chi connectivity index (χ1n) is 4.17. The molecule has 0 aliphatic heterocycles. The van der Waals surface area contributed by atoms with E-state index in [1.165, 1.54) is 6.42 Å². The Morgan fingerprint density at radius 1 is 1.25 bits per heavy atom. The van der Waals surface area contributed by atoms with E-state index in [2.05, 4.69) is 0 Å². The van der Waals surface area contributed by atoms with Crippen molar-refractivity contribution in [3.8, 4) is 0 Å². The monoisotopic (exact) mass is 188 g/mol. The topological polar surface area (TPSA) is 60.2 Å². The largest absolute Gasteiger partial charge is 0.234 e. The van der Waals surface area contributed by atoms with Gasteiger partial charge in [0.25, 0.3) is 0 Å². The molecule has 0 saturated heterocycles. The maximum Gasteiger partial charge on any atom is 0.234 e. The summed E-state index contributed by atoms with van der Waals surface area (Å²) < 4.78 is 21.7. The van der Waals surface area contributed by atoms with Crippen molar-refractivity contribution in [2.75, 3.05) is 0 Å². The Bertz CT molecular complexity index is 263. The first-order chi connectivity index (χ1) is 5.52. The van der Waals surface area contributed by atoms with Gasteiger partial charge in [-0.2, -0.15) is 0 Å². The summed E-state index contributed by atoms with van der Waals surface area (Å²) in [6.07, 6.45) is 5.01. The smallest absolute Gasteiger partial charge is 0.225 e. The van der Waals surface area contributed by atoms with Gasteiger partial charge in [0.1, 0.15) is 0 Å². The van der Waals surface area contributed by atoms with Crippen molar-refractivity contribution >= 4 is 10.0 Å². The van der Waals surface area contributed by atoms with E-state index < -0.39 is 10.0 Å². The number of rotatable bonds is 2. The first-order valence-corrected chi connectivity index (χ1v) is 5.71. The molecule has 1 fully saturated rings. The number of primary sulfonamides is 1. The molecular weight excluding hydrogens is 174 g/mol. The summed E-state index contributed by atoms with van der Waals surface area (Å²) in [5, 5.41) is 4.92. The van der Waals surface area contributed by atoms with E-state index in [9.17, 15) is 8.42 Å². The van der Waals surface area contributed by atoms with Gasteiger partial charge in [-0.15, -0.1) is 0 Å². The maximum atomic E-state index is 10.8. The van der Waals surface area contributed by atoms with Gasteiger partial charge in [0.15, 0.2) is 0 Å². The number of nitrogens with two attached hydrogens (primary N) is 1. The molecule has 0 atom stereocenters. The van der Waals surface area contributed by atoms with Crippen molar-refractivity contribution in [2.45, 2.75) is 32.1 Å². The van der Waals surface area contributed by atoms with E-state index in [0.717, 1.165) is 25.7 Å². The van der Waals surface area contributed by atoms with Gasteiger partial charge >= 0.3 is 0 Å². The number of allylic oxidation sites excluding steroid dienone is 1. The second kappa shape index (κ2) is 3.58. The average Bonchev–Trinajstić information content (AvgIpc) is 2.03. The van der Waals surface area contributed by atoms with Crippen LogP contribution in [0.5, 0.6) is 0 Å². The minimum Gasteiger partial charge on any atom is -0.225 e. The Hall–Kier alpha value is -0.350. The van der Waals surface area contributed by atoms with Gasteiger partial charge in [-0.05, 0) is 25.3 Å². The summed E-state index contributed by atoms with van der Waals surface area (Å²) >= 11 is 0. The SMILES string of the molecule is [CH]=C(C1CCCCC1)S(N)(=O)=O. The molecule has 1 aliphatic carbocycles. The lowest BCUT2D eigenvalue weighted by atomic mass is 9.89. The summed E-state index contributed by atoms with van der Waals surface area (Å²) in [5.41, 5.74) is 0. The molecular formula is C8H14NO2S. The number of hydrogen-bond donors (Lipinski definition) is 1. The van der Waals surface area contributed by atoms with Gasteiger partial charge in [-0.1, -0.05) is 19.3 Å². The van der Waals surface area contributed by atoms with Crippen LogP contribution in [0.15, 0.2) is 4.91 Å². The summed E-state index contributed by atoms with van der Waals surface area (Å²) in [4.78, 5) is -0.0257. The Morgan fingerprint density at radius 3 is 2.17 bits per heavy atom. The zero-order valence-electron chi connectivity index (χ0n) is 6.99. The Morgan fingerprint density at radius 2 is 1.75 bits per heavy atom. The predicted octanol–water partition coefficient (Wildman–Crippen LogP) is 1.17. The summed E-state index contributed by atoms with van der Waals surface area (Å²) in [7, 11) is -3.61.